The number of rotatable bonds is 4. The molecule has 7 heteroatoms. The van der Waals surface area contributed by atoms with Gasteiger partial charge in [-0.3, -0.25) is 14.5 Å². The van der Waals surface area contributed by atoms with Gasteiger partial charge in [0, 0.05) is 19.0 Å². The Morgan fingerprint density at radius 2 is 2.00 bits per heavy atom. The van der Waals surface area contributed by atoms with Gasteiger partial charge in [-0.25, -0.2) is 0 Å². The fraction of sp³-hybridized carbons (Fsp3) is 0.333. The highest BCUT2D eigenvalue weighted by Crippen LogP contribution is 2.33. The molecule has 0 fully saturated rings. The summed E-state index contributed by atoms with van der Waals surface area (Å²) in [4.78, 5) is 28.9. The highest BCUT2D eigenvalue weighted by Gasteiger charge is 2.29. The van der Waals surface area contributed by atoms with E-state index in [9.17, 15) is 9.59 Å². The number of amides is 2. The second-order valence-corrected chi connectivity index (χ2v) is 7.24. The van der Waals surface area contributed by atoms with Crippen LogP contribution in [-0.2, 0) is 16.1 Å². The van der Waals surface area contributed by atoms with Gasteiger partial charge in [0.05, 0.1) is 17.9 Å². The minimum Gasteiger partial charge on any atom is -0.454 e. The van der Waals surface area contributed by atoms with Crippen molar-refractivity contribution in [3.8, 4) is 11.5 Å². The average molecular weight is 381 g/mol. The lowest BCUT2D eigenvalue weighted by atomic mass is 10.1. The number of carbonyl (C=O) groups excluding carboxylic acids is 2. The molecule has 2 aliphatic heterocycles. The van der Waals surface area contributed by atoms with Crippen molar-refractivity contribution in [3.63, 3.8) is 0 Å². The standard InChI is InChI=1S/C21H23N3O4/c1-14-9-20(25)22-16-5-3-4-6-17(16)24(14)21(26)12-23(2)11-15-7-8-18-19(10-15)28-13-27-18/h3-8,10,14H,9,11-13H2,1-2H3,(H,22,25)/t14-/m1/s1. The minimum absolute atomic E-state index is 0.0420. The average Bonchev–Trinajstić information content (AvgIpc) is 3.05. The Morgan fingerprint density at radius 1 is 1.21 bits per heavy atom. The van der Waals surface area contributed by atoms with Crippen LogP contribution in [0.3, 0.4) is 0 Å². The normalized spacial score (nSPS) is 17.9. The number of fused-ring (bicyclic) bond motifs is 2. The predicted molar refractivity (Wildman–Crippen MR) is 106 cm³/mol. The van der Waals surface area contributed by atoms with E-state index in [-0.39, 0.29) is 37.6 Å². The van der Waals surface area contributed by atoms with Crippen molar-refractivity contribution >= 4 is 23.2 Å². The van der Waals surface area contributed by atoms with Crippen molar-refractivity contribution in [2.45, 2.75) is 25.9 Å². The van der Waals surface area contributed by atoms with Crippen molar-refractivity contribution in [3.05, 3.63) is 48.0 Å². The largest absolute Gasteiger partial charge is 0.454 e. The molecule has 0 aliphatic carbocycles. The molecule has 146 valence electrons. The topological polar surface area (TPSA) is 71.1 Å². The van der Waals surface area contributed by atoms with Gasteiger partial charge in [0.15, 0.2) is 11.5 Å². The zero-order chi connectivity index (χ0) is 19.7. The van der Waals surface area contributed by atoms with E-state index in [1.165, 1.54) is 0 Å². The molecule has 0 aromatic heterocycles. The third-order valence-electron chi connectivity index (χ3n) is 4.92. The highest BCUT2D eigenvalue weighted by molar-refractivity contribution is 6.04. The molecule has 2 aromatic rings. The van der Waals surface area contributed by atoms with Gasteiger partial charge in [-0.05, 0) is 43.8 Å². The Morgan fingerprint density at radius 3 is 2.86 bits per heavy atom. The molecule has 2 amide bonds. The molecular formula is C21H23N3O4. The van der Waals surface area contributed by atoms with Crippen LogP contribution in [0.4, 0.5) is 11.4 Å². The minimum atomic E-state index is -0.213. The van der Waals surface area contributed by atoms with Crippen molar-refractivity contribution in [1.82, 2.24) is 4.90 Å². The second kappa shape index (κ2) is 7.52. The summed E-state index contributed by atoms with van der Waals surface area (Å²) in [6.45, 7) is 2.98. The molecule has 2 heterocycles. The van der Waals surface area contributed by atoms with Crippen LogP contribution < -0.4 is 19.7 Å². The molecule has 28 heavy (non-hydrogen) atoms. The lowest BCUT2D eigenvalue weighted by molar-refractivity contribution is -0.120. The van der Waals surface area contributed by atoms with E-state index < -0.39 is 0 Å². The maximum absolute atomic E-state index is 13.1. The number of carbonyl (C=O) groups is 2. The predicted octanol–water partition coefficient (Wildman–Crippen LogP) is 2.61. The summed E-state index contributed by atoms with van der Waals surface area (Å²) in [6, 6.07) is 13.0. The Hall–Kier alpha value is -3.06. The molecule has 0 unspecified atom stereocenters. The summed E-state index contributed by atoms with van der Waals surface area (Å²) in [6.07, 6.45) is 0.270. The Balaban J connectivity index is 1.48. The summed E-state index contributed by atoms with van der Waals surface area (Å²) in [5.41, 5.74) is 2.45. The first-order valence-corrected chi connectivity index (χ1v) is 9.29. The maximum atomic E-state index is 13.1. The molecule has 1 atom stereocenters. The molecule has 0 saturated carbocycles. The van der Waals surface area contributed by atoms with Crippen LogP contribution in [0.15, 0.2) is 42.5 Å². The molecule has 4 rings (SSSR count). The van der Waals surface area contributed by atoms with Crippen LogP contribution >= 0.6 is 0 Å². The van der Waals surface area contributed by atoms with E-state index in [2.05, 4.69) is 5.32 Å². The third kappa shape index (κ3) is 3.66. The molecule has 0 bridgehead atoms. The Labute approximate surface area is 163 Å². The molecule has 2 aliphatic rings. The lowest BCUT2D eigenvalue weighted by Crippen LogP contribution is -2.44. The quantitative estimate of drug-likeness (QED) is 0.882. The first-order valence-electron chi connectivity index (χ1n) is 9.29. The number of ether oxygens (including phenoxy) is 2. The highest BCUT2D eigenvalue weighted by atomic mass is 16.7. The zero-order valence-corrected chi connectivity index (χ0v) is 16.0. The molecular weight excluding hydrogens is 358 g/mol. The summed E-state index contributed by atoms with van der Waals surface area (Å²) < 4.78 is 10.8. The monoisotopic (exact) mass is 381 g/mol. The van der Waals surface area contributed by atoms with E-state index in [0.29, 0.717) is 12.2 Å². The number of nitrogens with zero attached hydrogens (tertiary/aromatic N) is 2. The van der Waals surface area contributed by atoms with Gasteiger partial charge in [0.25, 0.3) is 0 Å². The number of likely N-dealkylation sites (N-methyl/N-ethyl adjacent to an activating group) is 1. The number of hydrogen-bond acceptors (Lipinski definition) is 5. The zero-order valence-electron chi connectivity index (χ0n) is 16.0. The van der Waals surface area contributed by atoms with Gasteiger partial charge in [0.1, 0.15) is 0 Å². The van der Waals surface area contributed by atoms with Gasteiger partial charge >= 0.3 is 0 Å². The molecule has 0 spiro atoms. The first kappa shape index (κ1) is 18.3. The summed E-state index contributed by atoms with van der Waals surface area (Å²) in [7, 11) is 1.90. The molecule has 7 nitrogen and oxygen atoms in total. The maximum Gasteiger partial charge on any atom is 0.241 e. The van der Waals surface area contributed by atoms with Crippen LogP contribution in [0.25, 0.3) is 0 Å². The van der Waals surface area contributed by atoms with Gasteiger partial charge in [-0.2, -0.15) is 0 Å². The summed E-state index contributed by atoms with van der Waals surface area (Å²) >= 11 is 0. The first-order chi connectivity index (χ1) is 13.5. The fourth-order valence-electron chi connectivity index (χ4n) is 3.68. The summed E-state index contributed by atoms with van der Waals surface area (Å²) in [5, 5.41) is 2.88. The van der Waals surface area contributed by atoms with Crippen molar-refractivity contribution in [1.29, 1.82) is 0 Å². The van der Waals surface area contributed by atoms with E-state index in [1.807, 2.05) is 61.3 Å². The number of anilines is 2. The van der Waals surface area contributed by atoms with E-state index in [4.69, 9.17) is 9.47 Å². The third-order valence-corrected chi connectivity index (χ3v) is 4.92. The molecule has 0 radical (unpaired) electrons. The van der Waals surface area contributed by atoms with Crippen molar-refractivity contribution < 1.29 is 19.1 Å². The van der Waals surface area contributed by atoms with Crippen molar-refractivity contribution in [2.75, 3.05) is 30.6 Å². The van der Waals surface area contributed by atoms with E-state index >= 15 is 0 Å². The Kier molecular flexibility index (Phi) is 4.92. The summed E-state index contributed by atoms with van der Waals surface area (Å²) in [5.74, 6) is 1.36. The van der Waals surface area contributed by atoms with Crippen LogP contribution in [-0.4, -0.2) is 43.1 Å². The molecule has 2 aromatic carbocycles. The second-order valence-electron chi connectivity index (χ2n) is 7.24. The van der Waals surface area contributed by atoms with Crippen molar-refractivity contribution in [2.24, 2.45) is 0 Å². The Bertz CT molecular complexity index is 914. The van der Waals surface area contributed by atoms with Gasteiger partial charge < -0.3 is 19.7 Å². The fourth-order valence-corrected chi connectivity index (χ4v) is 3.68. The number of nitrogens with one attached hydrogen (secondary N) is 1. The van der Waals surface area contributed by atoms with E-state index in [0.717, 1.165) is 22.7 Å². The van der Waals surface area contributed by atoms with E-state index in [1.54, 1.807) is 4.90 Å². The van der Waals surface area contributed by atoms with Crippen LogP contribution in [0.1, 0.15) is 18.9 Å². The number of benzene rings is 2. The van der Waals surface area contributed by atoms with Gasteiger partial charge in [0.2, 0.25) is 18.6 Å². The number of hydrogen-bond donors (Lipinski definition) is 1. The SMILES string of the molecule is C[C@@H]1CC(=O)Nc2ccccc2N1C(=O)CN(C)Cc1ccc2c(c1)OCO2. The smallest absolute Gasteiger partial charge is 0.241 e. The van der Waals surface area contributed by atoms with Gasteiger partial charge in [-0.15, -0.1) is 0 Å². The molecule has 1 N–H and O–H groups in total. The van der Waals surface area contributed by atoms with Crippen LogP contribution in [0, 0.1) is 0 Å². The van der Waals surface area contributed by atoms with Gasteiger partial charge in [-0.1, -0.05) is 18.2 Å². The van der Waals surface area contributed by atoms with Crippen LogP contribution in [0.2, 0.25) is 0 Å². The number of para-hydroxylation sites is 2. The van der Waals surface area contributed by atoms with Crippen LogP contribution in [0.5, 0.6) is 11.5 Å². The lowest BCUT2D eigenvalue weighted by Gasteiger charge is -2.29. The molecule has 0 saturated heterocycles.